The first-order chi connectivity index (χ1) is 9.65. The van der Waals surface area contributed by atoms with E-state index in [1.165, 1.54) is 0 Å². The topological polar surface area (TPSA) is 21.3 Å². The molecule has 0 aliphatic carbocycles. The molecule has 1 unspecified atom stereocenters. The number of rotatable bonds is 5. The van der Waals surface area contributed by atoms with Crippen molar-refractivity contribution < 1.29 is 4.74 Å². The van der Waals surface area contributed by atoms with Crippen LogP contribution >= 0.6 is 11.6 Å². The molecule has 1 N–H and O–H groups in total. The lowest BCUT2D eigenvalue weighted by molar-refractivity contribution is 0.334. The maximum Gasteiger partial charge on any atom is 0.124 e. The quantitative estimate of drug-likeness (QED) is 0.883. The van der Waals surface area contributed by atoms with Crippen LogP contribution in [0.25, 0.3) is 0 Å². The number of para-hydroxylation sites is 1. The molecule has 0 saturated carbocycles. The summed E-state index contributed by atoms with van der Waals surface area (Å²) in [5.41, 5.74) is 3.42. The standard InChI is InChI=1S/C17H20ClNO/c1-4-20-16-8-6-5-7-15(16)17(19-3)13-9-12(2)10-14(18)11-13/h5-11,17,19H,4H2,1-3H3. The fourth-order valence-electron chi connectivity index (χ4n) is 2.44. The van der Waals surface area contributed by atoms with Crippen LogP contribution in [-0.4, -0.2) is 13.7 Å². The first kappa shape index (κ1) is 14.9. The number of halogens is 1. The molecule has 0 fully saturated rings. The van der Waals surface area contributed by atoms with Gasteiger partial charge in [0, 0.05) is 10.6 Å². The van der Waals surface area contributed by atoms with E-state index in [2.05, 4.69) is 24.4 Å². The molecule has 106 valence electrons. The van der Waals surface area contributed by atoms with Crippen LogP contribution < -0.4 is 10.1 Å². The maximum absolute atomic E-state index is 6.18. The molecule has 0 aromatic heterocycles. The first-order valence-electron chi connectivity index (χ1n) is 6.81. The van der Waals surface area contributed by atoms with Gasteiger partial charge >= 0.3 is 0 Å². The van der Waals surface area contributed by atoms with Gasteiger partial charge in [0.15, 0.2) is 0 Å². The van der Waals surface area contributed by atoms with Gasteiger partial charge < -0.3 is 10.1 Å². The van der Waals surface area contributed by atoms with Gasteiger partial charge in [0.25, 0.3) is 0 Å². The number of ether oxygens (including phenoxy) is 1. The molecule has 0 bridgehead atoms. The van der Waals surface area contributed by atoms with Crippen LogP contribution in [0.2, 0.25) is 5.02 Å². The molecule has 2 nitrogen and oxygen atoms in total. The Morgan fingerprint density at radius 2 is 1.95 bits per heavy atom. The van der Waals surface area contributed by atoms with E-state index in [0.29, 0.717) is 6.61 Å². The monoisotopic (exact) mass is 289 g/mol. The lowest BCUT2D eigenvalue weighted by Gasteiger charge is -2.21. The molecule has 1 atom stereocenters. The summed E-state index contributed by atoms with van der Waals surface area (Å²) in [5.74, 6) is 0.909. The highest BCUT2D eigenvalue weighted by Gasteiger charge is 2.17. The first-order valence-corrected chi connectivity index (χ1v) is 7.19. The molecule has 20 heavy (non-hydrogen) atoms. The third kappa shape index (κ3) is 3.33. The highest BCUT2D eigenvalue weighted by molar-refractivity contribution is 6.30. The lowest BCUT2D eigenvalue weighted by atomic mass is 9.96. The Hall–Kier alpha value is -1.51. The molecule has 0 spiro atoms. The summed E-state index contributed by atoms with van der Waals surface area (Å²) in [6, 6.07) is 14.3. The van der Waals surface area contributed by atoms with E-state index in [4.69, 9.17) is 16.3 Å². The summed E-state index contributed by atoms with van der Waals surface area (Å²) in [7, 11) is 1.95. The average molecular weight is 290 g/mol. The Balaban J connectivity index is 2.46. The zero-order valence-corrected chi connectivity index (χ0v) is 12.9. The molecular weight excluding hydrogens is 270 g/mol. The van der Waals surface area contributed by atoms with Crippen molar-refractivity contribution in [1.29, 1.82) is 0 Å². The van der Waals surface area contributed by atoms with Crippen molar-refractivity contribution >= 4 is 11.6 Å². The number of nitrogens with one attached hydrogen (secondary N) is 1. The summed E-state index contributed by atoms with van der Waals surface area (Å²) >= 11 is 6.18. The van der Waals surface area contributed by atoms with Crippen LogP contribution in [0.1, 0.15) is 29.7 Å². The van der Waals surface area contributed by atoms with Gasteiger partial charge in [0.1, 0.15) is 5.75 Å². The van der Waals surface area contributed by atoms with E-state index >= 15 is 0 Å². The Morgan fingerprint density at radius 3 is 2.60 bits per heavy atom. The highest BCUT2D eigenvalue weighted by Crippen LogP contribution is 2.31. The molecule has 0 amide bonds. The van der Waals surface area contributed by atoms with E-state index in [9.17, 15) is 0 Å². The number of hydrogen-bond donors (Lipinski definition) is 1. The van der Waals surface area contributed by atoms with Crippen molar-refractivity contribution in [2.24, 2.45) is 0 Å². The van der Waals surface area contributed by atoms with Crippen LogP contribution in [0.3, 0.4) is 0 Å². The van der Waals surface area contributed by atoms with Gasteiger partial charge in [-0.3, -0.25) is 0 Å². The molecule has 0 radical (unpaired) electrons. The smallest absolute Gasteiger partial charge is 0.124 e. The number of benzene rings is 2. The Labute approximate surface area is 125 Å². The predicted octanol–water partition coefficient (Wildman–Crippen LogP) is 4.36. The molecule has 3 heteroatoms. The molecule has 2 aromatic carbocycles. The Morgan fingerprint density at radius 1 is 1.20 bits per heavy atom. The average Bonchev–Trinajstić information content (AvgIpc) is 2.41. The van der Waals surface area contributed by atoms with Crippen LogP contribution in [0.15, 0.2) is 42.5 Å². The predicted molar refractivity (Wildman–Crippen MR) is 84.7 cm³/mol. The van der Waals surface area contributed by atoms with Crippen LogP contribution in [0.4, 0.5) is 0 Å². The lowest BCUT2D eigenvalue weighted by Crippen LogP contribution is -2.18. The molecule has 0 heterocycles. The van der Waals surface area contributed by atoms with E-state index in [0.717, 1.165) is 27.5 Å². The van der Waals surface area contributed by atoms with Gasteiger partial charge in [-0.15, -0.1) is 0 Å². The minimum absolute atomic E-state index is 0.0650. The minimum Gasteiger partial charge on any atom is -0.494 e. The van der Waals surface area contributed by atoms with Crippen LogP contribution in [0.5, 0.6) is 5.75 Å². The van der Waals surface area contributed by atoms with Crippen molar-refractivity contribution in [3.05, 3.63) is 64.2 Å². The Kier molecular flexibility index (Phi) is 5.05. The third-order valence-corrected chi connectivity index (χ3v) is 3.43. The molecule has 0 aliphatic rings. The summed E-state index contributed by atoms with van der Waals surface area (Å²) in [5, 5.41) is 4.11. The van der Waals surface area contributed by atoms with Crippen molar-refractivity contribution in [2.75, 3.05) is 13.7 Å². The zero-order chi connectivity index (χ0) is 14.5. The van der Waals surface area contributed by atoms with Crippen molar-refractivity contribution in [2.45, 2.75) is 19.9 Å². The number of aryl methyl sites for hydroxylation is 1. The fourth-order valence-corrected chi connectivity index (χ4v) is 2.74. The second-order valence-electron chi connectivity index (χ2n) is 4.75. The van der Waals surface area contributed by atoms with Gasteiger partial charge in [-0.2, -0.15) is 0 Å². The van der Waals surface area contributed by atoms with Crippen LogP contribution in [0, 0.1) is 6.92 Å². The maximum atomic E-state index is 6.18. The minimum atomic E-state index is 0.0650. The SMILES string of the molecule is CCOc1ccccc1C(NC)c1cc(C)cc(Cl)c1. The summed E-state index contributed by atoms with van der Waals surface area (Å²) < 4.78 is 5.73. The van der Waals surface area contributed by atoms with Crippen LogP contribution in [-0.2, 0) is 0 Å². The second kappa shape index (κ2) is 6.78. The summed E-state index contributed by atoms with van der Waals surface area (Å²) in [6.45, 7) is 4.70. The van der Waals surface area contributed by atoms with Gasteiger partial charge in [-0.05, 0) is 50.2 Å². The molecule has 2 aromatic rings. The van der Waals surface area contributed by atoms with Gasteiger partial charge in [0.05, 0.1) is 12.6 Å². The molecule has 2 rings (SSSR count). The zero-order valence-electron chi connectivity index (χ0n) is 12.1. The fraction of sp³-hybridized carbons (Fsp3) is 0.294. The summed E-state index contributed by atoms with van der Waals surface area (Å²) in [4.78, 5) is 0. The van der Waals surface area contributed by atoms with Crippen molar-refractivity contribution in [3.63, 3.8) is 0 Å². The van der Waals surface area contributed by atoms with E-state index in [-0.39, 0.29) is 6.04 Å². The third-order valence-electron chi connectivity index (χ3n) is 3.22. The summed E-state index contributed by atoms with van der Waals surface area (Å²) in [6.07, 6.45) is 0. The van der Waals surface area contributed by atoms with Gasteiger partial charge in [-0.1, -0.05) is 35.9 Å². The second-order valence-corrected chi connectivity index (χ2v) is 5.19. The van der Waals surface area contributed by atoms with Crippen molar-refractivity contribution in [3.8, 4) is 5.75 Å². The van der Waals surface area contributed by atoms with E-state index in [1.54, 1.807) is 0 Å². The molecular formula is C17H20ClNO. The largest absolute Gasteiger partial charge is 0.494 e. The van der Waals surface area contributed by atoms with Gasteiger partial charge in [0.2, 0.25) is 0 Å². The van der Waals surface area contributed by atoms with Crippen molar-refractivity contribution in [1.82, 2.24) is 5.32 Å². The normalized spacial score (nSPS) is 12.2. The molecule has 0 saturated heterocycles. The Bertz CT molecular complexity index is 563. The highest BCUT2D eigenvalue weighted by atomic mass is 35.5. The molecule has 0 aliphatic heterocycles. The van der Waals surface area contributed by atoms with Gasteiger partial charge in [-0.25, -0.2) is 0 Å². The van der Waals surface area contributed by atoms with E-state index < -0.39 is 0 Å². The number of hydrogen-bond acceptors (Lipinski definition) is 2. The van der Waals surface area contributed by atoms with E-state index in [1.807, 2.05) is 44.3 Å².